The second kappa shape index (κ2) is 34.4. The fourth-order valence-electron chi connectivity index (χ4n) is 5.60. The van der Waals surface area contributed by atoms with E-state index in [2.05, 4.69) is 31.3 Å². The predicted molar refractivity (Wildman–Crippen MR) is 200 cm³/mol. The van der Waals surface area contributed by atoms with Crippen molar-refractivity contribution in [2.75, 3.05) is 19.8 Å². The van der Waals surface area contributed by atoms with Crippen molar-refractivity contribution in [2.24, 2.45) is 5.73 Å². The Morgan fingerprint density at radius 2 is 1.19 bits per heavy atom. The van der Waals surface area contributed by atoms with Crippen LogP contribution in [0.3, 0.4) is 0 Å². The quantitative estimate of drug-likeness (QED) is 0.0246. The van der Waals surface area contributed by atoms with Gasteiger partial charge in [-0.1, -0.05) is 160 Å². The Morgan fingerprint density at radius 1 is 0.708 bits per heavy atom. The van der Waals surface area contributed by atoms with Crippen LogP contribution in [0.15, 0.2) is 24.3 Å². The Labute approximate surface area is 294 Å². The number of hydrogen-bond donors (Lipinski definition) is 5. The number of nitrogens with two attached hydrogens (primary N) is 1. The summed E-state index contributed by atoms with van der Waals surface area (Å²) >= 11 is 0. The molecule has 0 fully saturated rings. The first-order chi connectivity index (χ1) is 23.3. The van der Waals surface area contributed by atoms with Crippen molar-refractivity contribution in [3.05, 3.63) is 24.3 Å². The summed E-state index contributed by atoms with van der Waals surface area (Å²) in [4.78, 5) is 22.6. The number of carbonyl (C=O) groups excluding carboxylic acids is 1. The van der Waals surface area contributed by atoms with Gasteiger partial charge in [-0.05, 0) is 32.1 Å². The lowest BCUT2D eigenvalue weighted by atomic mass is 10.0. The monoisotopic (exact) mass is 703 g/mol. The molecule has 0 aliphatic rings. The van der Waals surface area contributed by atoms with Crippen LogP contribution in [0.2, 0.25) is 0 Å². The van der Waals surface area contributed by atoms with E-state index in [0.29, 0.717) is 12.8 Å². The fourth-order valence-corrected chi connectivity index (χ4v) is 6.36. The van der Waals surface area contributed by atoms with E-state index < -0.39 is 38.6 Å². The normalized spacial score (nSPS) is 15.2. The average molecular weight is 703 g/mol. The van der Waals surface area contributed by atoms with Crippen molar-refractivity contribution in [1.82, 2.24) is 5.32 Å². The maximum Gasteiger partial charge on any atom is 0.472 e. The minimum atomic E-state index is -4.40. The van der Waals surface area contributed by atoms with Gasteiger partial charge in [0.1, 0.15) is 0 Å². The second-order valence-corrected chi connectivity index (χ2v) is 14.8. The molecule has 9 nitrogen and oxygen atoms in total. The molecule has 4 atom stereocenters. The van der Waals surface area contributed by atoms with Gasteiger partial charge in [-0.25, -0.2) is 4.57 Å². The van der Waals surface area contributed by atoms with Crippen LogP contribution in [-0.2, 0) is 18.4 Å². The van der Waals surface area contributed by atoms with Gasteiger partial charge in [-0.2, -0.15) is 0 Å². The van der Waals surface area contributed by atoms with Crippen LogP contribution in [0, 0.1) is 0 Å². The van der Waals surface area contributed by atoms with E-state index in [-0.39, 0.29) is 19.6 Å². The second-order valence-electron chi connectivity index (χ2n) is 13.3. The number of nitrogens with one attached hydrogen (secondary N) is 1. The third kappa shape index (κ3) is 32.2. The van der Waals surface area contributed by atoms with Gasteiger partial charge < -0.3 is 26.2 Å². The molecular weight excluding hydrogens is 627 g/mol. The van der Waals surface area contributed by atoms with Crippen molar-refractivity contribution in [2.45, 2.75) is 193 Å². The van der Waals surface area contributed by atoms with E-state index in [4.69, 9.17) is 14.8 Å². The van der Waals surface area contributed by atoms with E-state index >= 15 is 0 Å². The molecule has 1 amide bonds. The molecule has 0 aliphatic carbocycles. The summed E-state index contributed by atoms with van der Waals surface area (Å²) in [6.07, 6.45) is 34.1. The van der Waals surface area contributed by atoms with Gasteiger partial charge in [0.25, 0.3) is 0 Å². The van der Waals surface area contributed by atoms with E-state index in [9.17, 15) is 24.5 Å². The summed E-state index contributed by atoms with van der Waals surface area (Å²) < 4.78 is 22.0. The Kier molecular flexibility index (Phi) is 33.6. The highest BCUT2D eigenvalue weighted by Gasteiger charge is 2.27. The molecule has 0 saturated heterocycles. The molecule has 0 bridgehead atoms. The van der Waals surface area contributed by atoms with E-state index in [1.807, 2.05) is 6.08 Å². The number of phosphoric acid groups is 1. The fraction of sp³-hybridized carbons (Fsp3) is 0.868. The summed E-state index contributed by atoms with van der Waals surface area (Å²) in [5.74, 6) is -0.457. The van der Waals surface area contributed by atoms with Gasteiger partial charge in [-0.3, -0.25) is 13.8 Å². The molecule has 284 valence electrons. The third-order valence-electron chi connectivity index (χ3n) is 8.58. The Balaban J connectivity index is 4.48. The minimum Gasteiger partial charge on any atom is -0.393 e. The molecule has 0 heterocycles. The summed E-state index contributed by atoms with van der Waals surface area (Å²) in [5.41, 5.74) is 5.34. The lowest BCUT2D eigenvalue weighted by molar-refractivity contribution is -0.124. The van der Waals surface area contributed by atoms with Crippen LogP contribution in [0.5, 0.6) is 0 Å². The number of allylic oxidation sites excluding steroid dienone is 3. The van der Waals surface area contributed by atoms with E-state index in [0.717, 1.165) is 32.1 Å². The maximum atomic E-state index is 12.7. The molecule has 6 N–H and O–H groups in total. The zero-order chi connectivity index (χ0) is 35.6. The number of hydrogen-bond acceptors (Lipinski definition) is 7. The SMILES string of the molecule is CCCCCCCCCCC/C=C/CC/C=C/C(O)C(COP(=O)(O)OCCN)NC(=O)CC(O)CCCCCCCCCCCCC. The number of aliphatic hydroxyl groups is 2. The number of phosphoric ester groups is 1. The topological polar surface area (TPSA) is 151 Å². The van der Waals surface area contributed by atoms with Crippen LogP contribution in [0.4, 0.5) is 0 Å². The van der Waals surface area contributed by atoms with Crippen LogP contribution in [-0.4, -0.2) is 59.0 Å². The molecule has 0 aliphatic heterocycles. The lowest BCUT2D eigenvalue weighted by Crippen LogP contribution is -2.46. The number of rotatable bonds is 36. The van der Waals surface area contributed by atoms with Crippen LogP contribution in [0.25, 0.3) is 0 Å². The lowest BCUT2D eigenvalue weighted by Gasteiger charge is -2.24. The van der Waals surface area contributed by atoms with Crippen LogP contribution >= 0.6 is 7.82 Å². The first-order valence-corrected chi connectivity index (χ1v) is 21.0. The summed E-state index contributed by atoms with van der Waals surface area (Å²) in [5, 5.41) is 23.9. The smallest absolute Gasteiger partial charge is 0.393 e. The summed E-state index contributed by atoms with van der Waals surface area (Å²) in [6.45, 7) is 3.92. The largest absolute Gasteiger partial charge is 0.472 e. The van der Waals surface area contributed by atoms with Gasteiger partial charge in [0.15, 0.2) is 0 Å². The highest BCUT2D eigenvalue weighted by Crippen LogP contribution is 2.43. The van der Waals surface area contributed by atoms with Crippen molar-refractivity contribution in [3.8, 4) is 0 Å². The number of amides is 1. The zero-order valence-corrected chi connectivity index (χ0v) is 31.7. The number of unbranched alkanes of at least 4 members (excludes halogenated alkanes) is 20. The van der Waals surface area contributed by atoms with E-state index in [1.165, 1.54) is 109 Å². The van der Waals surface area contributed by atoms with Crippen molar-refractivity contribution >= 4 is 13.7 Å². The number of aliphatic hydroxyl groups excluding tert-OH is 2. The molecule has 0 saturated carbocycles. The molecule has 0 rings (SSSR count). The van der Waals surface area contributed by atoms with Crippen molar-refractivity contribution < 1.29 is 33.5 Å². The zero-order valence-electron chi connectivity index (χ0n) is 30.8. The van der Waals surface area contributed by atoms with Gasteiger partial charge in [-0.15, -0.1) is 0 Å². The Bertz CT molecular complexity index is 827. The molecule has 4 unspecified atom stereocenters. The van der Waals surface area contributed by atoms with Crippen molar-refractivity contribution in [3.63, 3.8) is 0 Å². The average Bonchev–Trinajstić information content (AvgIpc) is 3.06. The molecule has 0 spiro atoms. The molecule has 0 aromatic carbocycles. The van der Waals surface area contributed by atoms with Crippen LogP contribution in [0.1, 0.15) is 174 Å². The number of carbonyl (C=O) groups is 1. The van der Waals surface area contributed by atoms with Gasteiger partial charge >= 0.3 is 7.82 Å². The minimum absolute atomic E-state index is 0.0457. The van der Waals surface area contributed by atoms with Gasteiger partial charge in [0, 0.05) is 6.54 Å². The van der Waals surface area contributed by atoms with Gasteiger partial charge in [0.05, 0.1) is 37.9 Å². The van der Waals surface area contributed by atoms with Gasteiger partial charge in [0.2, 0.25) is 5.91 Å². The summed E-state index contributed by atoms with van der Waals surface area (Å²) in [7, 11) is -4.40. The molecule has 0 radical (unpaired) electrons. The first-order valence-electron chi connectivity index (χ1n) is 19.5. The van der Waals surface area contributed by atoms with Crippen LogP contribution < -0.4 is 11.1 Å². The maximum absolute atomic E-state index is 12.7. The molecule has 10 heteroatoms. The third-order valence-corrected chi connectivity index (χ3v) is 9.57. The molecule has 48 heavy (non-hydrogen) atoms. The van der Waals surface area contributed by atoms with Crippen molar-refractivity contribution in [1.29, 1.82) is 0 Å². The first kappa shape index (κ1) is 46.9. The molecular formula is C38H75N2O7P. The Hall–Kier alpha value is -1.06. The molecule has 0 aromatic rings. The summed E-state index contributed by atoms with van der Waals surface area (Å²) in [6, 6.07) is -0.993. The predicted octanol–water partition coefficient (Wildman–Crippen LogP) is 9.19. The van der Waals surface area contributed by atoms with E-state index in [1.54, 1.807) is 6.08 Å². The highest BCUT2D eigenvalue weighted by molar-refractivity contribution is 7.47. The standard InChI is InChI=1S/C38H75N2O7P/c1-3-5-7-9-11-13-15-16-17-18-20-22-24-26-28-30-37(42)36(34-47-48(44,45)46-32-31-39)40-38(43)33-35(41)29-27-25-23-21-19-14-12-10-8-6-4-2/h20,22,28,30,35-37,41-42H,3-19,21,23-27,29,31-34,39H2,1-2H3,(H,40,43)(H,44,45)/b22-20+,30-28+. The molecule has 0 aromatic heterocycles. The highest BCUT2D eigenvalue weighted by atomic mass is 31.2. The Morgan fingerprint density at radius 3 is 1.73 bits per heavy atom.